The topological polar surface area (TPSA) is 115 Å². The second-order valence-corrected chi connectivity index (χ2v) is 5.34. The molecule has 2 rings (SSSR count). The third-order valence-corrected chi connectivity index (χ3v) is 3.81. The first-order valence-corrected chi connectivity index (χ1v) is 6.72. The quantitative estimate of drug-likeness (QED) is 0.679. The molecule has 1 amide bonds. The molecule has 0 radical (unpaired) electrons. The number of rotatable bonds is 5. The van der Waals surface area contributed by atoms with Crippen molar-refractivity contribution in [1.29, 1.82) is 0 Å². The van der Waals surface area contributed by atoms with Crippen LogP contribution in [0.25, 0.3) is 0 Å². The molecular weight excluding hydrogens is 270 g/mol. The number of nitrogens with zero attached hydrogens (tertiary/aromatic N) is 1. The number of carboxylic acids is 1. The Morgan fingerprint density at radius 1 is 1.63 bits per heavy atom. The van der Waals surface area contributed by atoms with E-state index in [1.807, 2.05) is 0 Å². The van der Waals surface area contributed by atoms with E-state index in [2.05, 4.69) is 10.3 Å². The van der Waals surface area contributed by atoms with E-state index in [9.17, 15) is 9.59 Å². The molecule has 1 aromatic rings. The molecule has 4 N–H and O–H groups in total. The molecule has 1 aromatic heterocycles. The molecule has 19 heavy (non-hydrogen) atoms. The maximum absolute atomic E-state index is 11.8. The van der Waals surface area contributed by atoms with Gasteiger partial charge in [0, 0.05) is 25.0 Å². The standard InChI is InChI=1S/C11H15N3O4S/c12-11(2-4-18-6-11)10(17)13-3-1-8-14-7(5-19-8)9(15)16/h5H,1-4,6,12H2,(H,13,17)(H,15,16). The molecule has 0 aliphatic carbocycles. The molecule has 0 bridgehead atoms. The Kier molecular flexibility index (Phi) is 4.13. The lowest BCUT2D eigenvalue weighted by Crippen LogP contribution is -2.54. The lowest BCUT2D eigenvalue weighted by molar-refractivity contribution is -0.126. The summed E-state index contributed by atoms with van der Waals surface area (Å²) in [5, 5.41) is 13.6. The summed E-state index contributed by atoms with van der Waals surface area (Å²) in [4.78, 5) is 26.4. The van der Waals surface area contributed by atoms with Crippen LogP contribution in [0.4, 0.5) is 0 Å². The van der Waals surface area contributed by atoms with Gasteiger partial charge in [-0.15, -0.1) is 11.3 Å². The van der Waals surface area contributed by atoms with E-state index in [1.54, 1.807) is 0 Å². The number of thiazole rings is 1. The Morgan fingerprint density at radius 2 is 2.42 bits per heavy atom. The smallest absolute Gasteiger partial charge is 0.355 e. The van der Waals surface area contributed by atoms with E-state index >= 15 is 0 Å². The van der Waals surface area contributed by atoms with Crippen molar-refractivity contribution in [3.63, 3.8) is 0 Å². The highest BCUT2D eigenvalue weighted by Crippen LogP contribution is 2.15. The maximum Gasteiger partial charge on any atom is 0.355 e. The molecule has 0 saturated carbocycles. The number of hydrogen-bond acceptors (Lipinski definition) is 6. The zero-order valence-electron chi connectivity index (χ0n) is 10.2. The molecule has 8 heteroatoms. The molecule has 104 valence electrons. The highest BCUT2D eigenvalue weighted by Gasteiger charge is 2.37. The maximum atomic E-state index is 11.8. The molecule has 1 aliphatic heterocycles. The largest absolute Gasteiger partial charge is 0.476 e. The normalized spacial score (nSPS) is 22.4. The summed E-state index contributed by atoms with van der Waals surface area (Å²) < 4.78 is 5.11. The fraction of sp³-hybridized carbons (Fsp3) is 0.545. The van der Waals surface area contributed by atoms with Crippen molar-refractivity contribution >= 4 is 23.2 Å². The van der Waals surface area contributed by atoms with E-state index < -0.39 is 11.5 Å². The second-order valence-electron chi connectivity index (χ2n) is 4.40. The molecule has 0 aromatic carbocycles. The number of amides is 1. The van der Waals surface area contributed by atoms with Gasteiger partial charge in [-0.3, -0.25) is 4.79 Å². The Hall–Kier alpha value is -1.51. The number of ether oxygens (including phenoxy) is 1. The summed E-state index contributed by atoms with van der Waals surface area (Å²) in [5.74, 6) is -1.28. The highest BCUT2D eigenvalue weighted by atomic mass is 32.1. The van der Waals surface area contributed by atoms with Gasteiger partial charge in [-0.05, 0) is 6.42 Å². The number of aromatic nitrogens is 1. The number of hydrogen-bond donors (Lipinski definition) is 3. The van der Waals surface area contributed by atoms with Gasteiger partial charge in [-0.25, -0.2) is 9.78 Å². The fourth-order valence-corrected chi connectivity index (χ4v) is 2.51. The summed E-state index contributed by atoms with van der Waals surface area (Å²) >= 11 is 1.26. The Labute approximate surface area is 113 Å². The van der Waals surface area contributed by atoms with Gasteiger partial charge in [0.25, 0.3) is 0 Å². The molecule has 1 saturated heterocycles. The van der Waals surface area contributed by atoms with Crippen molar-refractivity contribution in [2.24, 2.45) is 5.73 Å². The predicted octanol–water partition coefficient (Wildman–Crippen LogP) is -0.382. The van der Waals surface area contributed by atoms with Crippen LogP contribution in [-0.4, -0.2) is 47.3 Å². The number of carbonyl (C=O) groups is 2. The first-order valence-electron chi connectivity index (χ1n) is 5.84. The van der Waals surface area contributed by atoms with Gasteiger partial charge in [0.1, 0.15) is 5.54 Å². The van der Waals surface area contributed by atoms with Gasteiger partial charge in [0.15, 0.2) is 5.69 Å². The van der Waals surface area contributed by atoms with Crippen LogP contribution < -0.4 is 11.1 Å². The number of nitrogens with two attached hydrogens (primary N) is 1. The third kappa shape index (κ3) is 3.28. The highest BCUT2D eigenvalue weighted by molar-refractivity contribution is 7.09. The van der Waals surface area contributed by atoms with E-state index in [0.717, 1.165) is 0 Å². The van der Waals surface area contributed by atoms with Gasteiger partial charge in [-0.1, -0.05) is 0 Å². The van der Waals surface area contributed by atoms with Crippen molar-refractivity contribution in [1.82, 2.24) is 10.3 Å². The van der Waals surface area contributed by atoms with Crippen molar-refractivity contribution in [3.8, 4) is 0 Å². The summed E-state index contributed by atoms with van der Waals surface area (Å²) in [5.41, 5.74) is 5.00. The minimum absolute atomic E-state index is 0.0332. The van der Waals surface area contributed by atoms with Gasteiger partial charge >= 0.3 is 5.97 Å². The number of carboxylic acid groups (broad SMARTS) is 1. The van der Waals surface area contributed by atoms with Crippen LogP contribution in [0, 0.1) is 0 Å². The Morgan fingerprint density at radius 3 is 3.00 bits per heavy atom. The lowest BCUT2D eigenvalue weighted by Gasteiger charge is -2.20. The van der Waals surface area contributed by atoms with Crippen LogP contribution in [-0.2, 0) is 16.0 Å². The van der Waals surface area contributed by atoms with Crippen LogP contribution in [0.3, 0.4) is 0 Å². The van der Waals surface area contributed by atoms with E-state index in [0.29, 0.717) is 31.0 Å². The molecule has 7 nitrogen and oxygen atoms in total. The van der Waals surface area contributed by atoms with Gasteiger partial charge in [0.2, 0.25) is 5.91 Å². The predicted molar refractivity (Wildman–Crippen MR) is 68.1 cm³/mol. The average Bonchev–Trinajstić information content (AvgIpc) is 2.99. The van der Waals surface area contributed by atoms with Crippen molar-refractivity contribution in [2.75, 3.05) is 19.8 Å². The minimum Gasteiger partial charge on any atom is -0.476 e. The first kappa shape index (κ1) is 13.9. The molecule has 1 aliphatic rings. The van der Waals surface area contributed by atoms with E-state index in [1.165, 1.54) is 16.7 Å². The van der Waals surface area contributed by atoms with Crippen LogP contribution >= 0.6 is 11.3 Å². The monoisotopic (exact) mass is 285 g/mol. The Bertz CT molecular complexity index is 482. The second kappa shape index (κ2) is 5.64. The van der Waals surface area contributed by atoms with Crippen LogP contribution in [0.1, 0.15) is 21.9 Å². The number of carbonyl (C=O) groups excluding carboxylic acids is 1. The molecule has 2 heterocycles. The molecular formula is C11H15N3O4S. The fourth-order valence-electron chi connectivity index (χ4n) is 1.74. The van der Waals surface area contributed by atoms with Crippen molar-refractivity contribution in [2.45, 2.75) is 18.4 Å². The molecule has 1 unspecified atom stereocenters. The summed E-state index contributed by atoms with van der Waals surface area (Å²) in [6.45, 7) is 1.11. The van der Waals surface area contributed by atoms with Gasteiger partial charge in [-0.2, -0.15) is 0 Å². The minimum atomic E-state index is -1.05. The number of nitrogens with one attached hydrogen (secondary N) is 1. The summed E-state index contributed by atoms with van der Waals surface area (Å²) in [7, 11) is 0. The van der Waals surface area contributed by atoms with Crippen LogP contribution in [0.5, 0.6) is 0 Å². The lowest BCUT2D eigenvalue weighted by atomic mass is 9.99. The van der Waals surface area contributed by atoms with E-state index in [-0.39, 0.29) is 18.2 Å². The van der Waals surface area contributed by atoms with Crippen LogP contribution in [0.15, 0.2) is 5.38 Å². The molecule has 1 fully saturated rings. The summed E-state index contributed by atoms with van der Waals surface area (Å²) in [6.07, 6.45) is 1.000. The van der Waals surface area contributed by atoms with Gasteiger partial charge < -0.3 is 20.9 Å². The first-order chi connectivity index (χ1) is 9.01. The molecule has 1 atom stereocenters. The average molecular weight is 285 g/mol. The Balaban J connectivity index is 1.79. The number of aromatic carboxylic acids is 1. The molecule has 0 spiro atoms. The van der Waals surface area contributed by atoms with Crippen molar-refractivity contribution < 1.29 is 19.4 Å². The van der Waals surface area contributed by atoms with Crippen molar-refractivity contribution in [3.05, 3.63) is 16.1 Å². The SMILES string of the molecule is NC1(C(=O)NCCc2nc(C(=O)O)cs2)CCOC1. The van der Waals surface area contributed by atoms with Gasteiger partial charge in [0.05, 0.1) is 11.6 Å². The van der Waals surface area contributed by atoms with E-state index in [4.69, 9.17) is 15.6 Å². The zero-order valence-corrected chi connectivity index (χ0v) is 11.0. The zero-order chi connectivity index (χ0) is 13.9. The summed E-state index contributed by atoms with van der Waals surface area (Å²) in [6, 6.07) is 0. The van der Waals surface area contributed by atoms with Crippen LogP contribution in [0.2, 0.25) is 0 Å². The third-order valence-electron chi connectivity index (χ3n) is 2.90.